The second-order valence-electron chi connectivity index (χ2n) is 3.42. The average molecular weight is 272 g/mol. The van der Waals surface area contributed by atoms with Gasteiger partial charge in [0.15, 0.2) is 5.78 Å². The first-order chi connectivity index (χ1) is 8.93. The van der Waals surface area contributed by atoms with Crippen LogP contribution < -0.4 is 4.74 Å². The van der Waals surface area contributed by atoms with E-state index < -0.39 is 30.6 Å². The lowest BCUT2D eigenvalue weighted by Crippen LogP contribution is -2.19. The van der Waals surface area contributed by atoms with Gasteiger partial charge in [0, 0.05) is 5.56 Å². The summed E-state index contributed by atoms with van der Waals surface area (Å²) in [7, 11) is 1.02. The lowest BCUT2D eigenvalue weighted by Gasteiger charge is -2.05. The molecule has 0 bridgehead atoms. The van der Waals surface area contributed by atoms with Crippen LogP contribution in [0.3, 0.4) is 0 Å². The molecule has 0 radical (unpaired) electrons. The number of hydrogen-bond donors (Lipinski definition) is 0. The summed E-state index contributed by atoms with van der Waals surface area (Å²) in [6.45, 7) is -3.01. The van der Waals surface area contributed by atoms with Crippen molar-refractivity contribution in [1.82, 2.24) is 0 Å². The predicted molar refractivity (Wildman–Crippen MR) is 59.0 cm³/mol. The SMILES string of the molecule is COC(=O)C(=O)CC(=O)c1cccc(OC(F)F)c1. The van der Waals surface area contributed by atoms with Crippen LogP contribution in [0.2, 0.25) is 0 Å². The first-order valence-electron chi connectivity index (χ1n) is 5.13. The fourth-order valence-corrected chi connectivity index (χ4v) is 1.28. The molecule has 102 valence electrons. The Balaban J connectivity index is 2.77. The van der Waals surface area contributed by atoms with Crippen molar-refractivity contribution in [3.8, 4) is 5.75 Å². The van der Waals surface area contributed by atoms with E-state index in [-0.39, 0.29) is 11.3 Å². The van der Waals surface area contributed by atoms with Crippen LogP contribution in [0.15, 0.2) is 24.3 Å². The monoisotopic (exact) mass is 272 g/mol. The third-order valence-corrected chi connectivity index (χ3v) is 2.12. The van der Waals surface area contributed by atoms with E-state index in [0.717, 1.165) is 13.2 Å². The van der Waals surface area contributed by atoms with Gasteiger partial charge in [0.05, 0.1) is 13.5 Å². The summed E-state index contributed by atoms with van der Waals surface area (Å²) in [5.74, 6) is -3.03. The molecule has 0 aliphatic carbocycles. The molecular weight excluding hydrogens is 262 g/mol. The number of hydrogen-bond acceptors (Lipinski definition) is 5. The van der Waals surface area contributed by atoms with Crippen LogP contribution in [0.25, 0.3) is 0 Å². The van der Waals surface area contributed by atoms with Gasteiger partial charge in [-0.25, -0.2) is 4.79 Å². The highest BCUT2D eigenvalue weighted by molar-refractivity contribution is 6.38. The quantitative estimate of drug-likeness (QED) is 0.340. The molecular formula is C12H10F2O5. The number of alkyl halides is 2. The lowest BCUT2D eigenvalue weighted by atomic mass is 10.1. The van der Waals surface area contributed by atoms with Gasteiger partial charge in [0.2, 0.25) is 5.78 Å². The second-order valence-corrected chi connectivity index (χ2v) is 3.42. The zero-order chi connectivity index (χ0) is 14.4. The minimum Gasteiger partial charge on any atom is -0.463 e. The molecule has 0 saturated heterocycles. The van der Waals surface area contributed by atoms with E-state index in [1.807, 2.05) is 0 Å². The van der Waals surface area contributed by atoms with Gasteiger partial charge < -0.3 is 9.47 Å². The fourth-order valence-electron chi connectivity index (χ4n) is 1.28. The fraction of sp³-hybridized carbons (Fsp3) is 0.250. The summed E-state index contributed by atoms with van der Waals surface area (Å²) in [4.78, 5) is 33.7. The van der Waals surface area contributed by atoms with Crippen LogP contribution >= 0.6 is 0 Å². The first kappa shape index (κ1) is 14.7. The lowest BCUT2D eigenvalue weighted by molar-refractivity contribution is -0.151. The molecule has 0 heterocycles. The van der Waals surface area contributed by atoms with Crippen molar-refractivity contribution in [2.45, 2.75) is 13.0 Å². The summed E-state index contributed by atoms with van der Waals surface area (Å²) in [5.41, 5.74) is -0.00426. The van der Waals surface area contributed by atoms with Gasteiger partial charge in [-0.05, 0) is 12.1 Å². The highest BCUT2D eigenvalue weighted by atomic mass is 19.3. The maximum atomic E-state index is 12.0. The number of carbonyl (C=O) groups is 3. The summed E-state index contributed by atoms with van der Waals surface area (Å²) in [6.07, 6.45) is -0.690. The van der Waals surface area contributed by atoms with Crippen molar-refractivity contribution in [3.05, 3.63) is 29.8 Å². The molecule has 1 rings (SSSR count). The molecule has 0 spiro atoms. The molecule has 0 atom stereocenters. The zero-order valence-electron chi connectivity index (χ0n) is 9.89. The van der Waals surface area contributed by atoms with Gasteiger partial charge >= 0.3 is 12.6 Å². The molecule has 1 aromatic rings. The van der Waals surface area contributed by atoms with Crippen molar-refractivity contribution in [2.24, 2.45) is 0 Å². The van der Waals surface area contributed by atoms with E-state index in [2.05, 4.69) is 9.47 Å². The van der Waals surface area contributed by atoms with Crippen LogP contribution in [-0.4, -0.2) is 31.3 Å². The minimum atomic E-state index is -3.01. The molecule has 0 aromatic heterocycles. The van der Waals surface area contributed by atoms with Gasteiger partial charge in [-0.2, -0.15) is 8.78 Å². The number of rotatable bonds is 6. The Morgan fingerprint density at radius 3 is 2.53 bits per heavy atom. The number of methoxy groups -OCH3 is 1. The number of carbonyl (C=O) groups excluding carboxylic acids is 3. The maximum Gasteiger partial charge on any atom is 0.387 e. The van der Waals surface area contributed by atoms with Crippen molar-refractivity contribution < 1.29 is 32.6 Å². The second kappa shape index (κ2) is 6.58. The number of Topliss-reactive ketones (excluding diaryl/α,β-unsaturated/α-hetero) is 2. The molecule has 0 amide bonds. The Labute approximate surface area is 107 Å². The molecule has 5 nitrogen and oxygen atoms in total. The number of ketones is 2. The highest BCUT2D eigenvalue weighted by Gasteiger charge is 2.19. The van der Waals surface area contributed by atoms with Crippen molar-refractivity contribution >= 4 is 17.5 Å². The highest BCUT2D eigenvalue weighted by Crippen LogP contribution is 2.17. The van der Waals surface area contributed by atoms with Crippen molar-refractivity contribution in [1.29, 1.82) is 0 Å². The molecule has 7 heteroatoms. The van der Waals surface area contributed by atoms with Crippen LogP contribution in [0, 0.1) is 0 Å². The summed E-state index contributed by atoms with van der Waals surface area (Å²) in [6, 6.07) is 4.96. The molecule has 0 saturated carbocycles. The van der Waals surface area contributed by atoms with Crippen LogP contribution in [0.1, 0.15) is 16.8 Å². The van der Waals surface area contributed by atoms with Crippen LogP contribution in [0.5, 0.6) is 5.75 Å². The maximum absolute atomic E-state index is 12.0. The van der Waals surface area contributed by atoms with Crippen molar-refractivity contribution in [3.63, 3.8) is 0 Å². The molecule has 0 fully saturated rings. The number of halogens is 2. The van der Waals surface area contributed by atoms with Gasteiger partial charge in [-0.1, -0.05) is 12.1 Å². The smallest absolute Gasteiger partial charge is 0.387 e. The molecule has 19 heavy (non-hydrogen) atoms. The first-order valence-corrected chi connectivity index (χ1v) is 5.13. The molecule has 0 aliphatic heterocycles. The molecule has 0 aliphatic rings. The topological polar surface area (TPSA) is 69.7 Å². The summed E-state index contributed by atoms with van der Waals surface area (Å²) in [5, 5.41) is 0. The number of esters is 1. The van der Waals surface area contributed by atoms with E-state index in [4.69, 9.17) is 0 Å². The van der Waals surface area contributed by atoms with Gasteiger partial charge in [-0.15, -0.1) is 0 Å². The molecule has 0 N–H and O–H groups in total. The van der Waals surface area contributed by atoms with Crippen LogP contribution in [-0.2, 0) is 14.3 Å². The van der Waals surface area contributed by atoms with E-state index in [1.165, 1.54) is 18.2 Å². The Kier molecular flexibility index (Phi) is 5.11. The minimum absolute atomic E-state index is 0.00426. The average Bonchev–Trinajstić information content (AvgIpc) is 2.37. The van der Waals surface area contributed by atoms with Crippen LogP contribution in [0.4, 0.5) is 8.78 Å². The van der Waals surface area contributed by atoms with E-state index in [1.54, 1.807) is 0 Å². The number of benzene rings is 1. The third-order valence-electron chi connectivity index (χ3n) is 2.12. The Morgan fingerprint density at radius 2 is 1.95 bits per heavy atom. The number of ether oxygens (including phenoxy) is 2. The Hall–Kier alpha value is -2.31. The summed E-state index contributed by atoms with van der Waals surface area (Å²) >= 11 is 0. The van der Waals surface area contributed by atoms with Crippen molar-refractivity contribution in [2.75, 3.05) is 7.11 Å². The van der Waals surface area contributed by atoms with E-state index >= 15 is 0 Å². The normalized spacial score (nSPS) is 10.1. The van der Waals surface area contributed by atoms with E-state index in [0.29, 0.717) is 0 Å². The van der Waals surface area contributed by atoms with E-state index in [9.17, 15) is 23.2 Å². The molecule has 0 unspecified atom stereocenters. The van der Waals surface area contributed by atoms with Gasteiger partial charge in [0.1, 0.15) is 5.75 Å². The largest absolute Gasteiger partial charge is 0.463 e. The molecule has 1 aromatic carbocycles. The zero-order valence-corrected chi connectivity index (χ0v) is 9.89. The third kappa shape index (κ3) is 4.46. The Morgan fingerprint density at radius 1 is 1.26 bits per heavy atom. The summed E-state index contributed by atoms with van der Waals surface area (Å²) < 4.78 is 32.3. The van der Waals surface area contributed by atoms with Gasteiger partial charge in [0.25, 0.3) is 0 Å². The standard InChI is InChI=1S/C12H10F2O5/c1-18-11(17)10(16)6-9(15)7-3-2-4-8(5-7)19-12(13)14/h2-5,12H,6H2,1H3. The van der Waals surface area contributed by atoms with Gasteiger partial charge in [-0.3, -0.25) is 9.59 Å². The predicted octanol–water partition coefficient (Wildman–Crippen LogP) is 1.60. The Bertz CT molecular complexity index is 499.